The first-order chi connectivity index (χ1) is 8.02. The molecule has 0 aromatic heterocycles. The highest BCUT2D eigenvalue weighted by Crippen LogP contribution is 2.14. The third-order valence-electron chi connectivity index (χ3n) is 3.61. The van der Waals surface area contributed by atoms with Gasteiger partial charge in [0, 0.05) is 24.7 Å². The molecule has 1 aliphatic rings. The van der Waals surface area contributed by atoms with Gasteiger partial charge < -0.3 is 20.2 Å². The minimum atomic E-state index is 0.194. The van der Waals surface area contributed by atoms with Crippen molar-refractivity contribution in [2.24, 2.45) is 0 Å². The zero-order valence-electron chi connectivity index (χ0n) is 11.8. The lowest BCUT2D eigenvalue weighted by Gasteiger charge is -2.37. The van der Waals surface area contributed by atoms with E-state index < -0.39 is 0 Å². The van der Waals surface area contributed by atoms with Gasteiger partial charge in [0.25, 0.3) is 0 Å². The number of aliphatic hydroxyl groups is 1. The molecule has 1 saturated heterocycles. The molecule has 102 valence electrons. The van der Waals surface area contributed by atoms with E-state index in [1.807, 2.05) is 0 Å². The second-order valence-electron chi connectivity index (χ2n) is 5.67. The van der Waals surface area contributed by atoms with E-state index in [0.29, 0.717) is 12.1 Å². The van der Waals surface area contributed by atoms with Crippen LogP contribution in [0.15, 0.2) is 0 Å². The van der Waals surface area contributed by atoms with E-state index in [0.717, 1.165) is 6.54 Å². The summed E-state index contributed by atoms with van der Waals surface area (Å²) in [5.74, 6) is 0. The molecule has 1 heterocycles. The molecule has 0 amide bonds. The van der Waals surface area contributed by atoms with Crippen molar-refractivity contribution in [1.82, 2.24) is 15.1 Å². The van der Waals surface area contributed by atoms with Gasteiger partial charge in [0.05, 0.1) is 6.61 Å². The molecule has 2 N–H and O–H groups in total. The van der Waals surface area contributed by atoms with Crippen molar-refractivity contribution in [3.63, 3.8) is 0 Å². The molecule has 0 aliphatic carbocycles. The van der Waals surface area contributed by atoms with Gasteiger partial charge in [-0.2, -0.15) is 0 Å². The van der Waals surface area contributed by atoms with E-state index in [9.17, 15) is 5.11 Å². The highest BCUT2D eigenvalue weighted by molar-refractivity contribution is 4.80. The van der Waals surface area contributed by atoms with E-state index in [-0.39, 0.29) is 12.6 Å². The minimum absolute atomic E-state index is 0.194. The Morgan fingerprint density at radius 3 is 2.41 bits per heavy atom. The van der Waals surface area contributed by atoms with Crippen LogP contribution in [-0.4, -0.2) is 73.4 Å². The molecule has 17 heavy (non-hydrogen) atoms. The minimum Gasteiger partial charge on any atom is -0.395 e. The Bertz CT molecular complexity index is 203. The van der Waals surface area contributed by atoms with Crippen LogP contribution in [0.25, 0.3) is 0 Å². The van der Waals surface area contributed by atoms with Crippen molar-refractivity contribution in [3.8, 4) is 0 Å². The van der Waals surface area contributed by atoms with Gasteiger partial charge in [-0.25, -0.2) is 0 Å². The van der Waals surface area contributed by atoms with E-state index in [4.69, 9.17) is 0 Å². The quantitative estimate of drug-likeness (QED) is 0.707. The smallest absolute Gasteiger partial charge is 0.0597 e. The summed E-state index contributed by atoms with van der Waals surface area (Å²) in [6.07, 6.45) is 2.49. The molecule has 4 heteroatoms. The number of hydrogen-bond acceptors (Lipinski definition) is 4. The Hall–Kier alpha value is -0.160. The molecule has 0 aromatic rings. The van der Waals surface area contributed by atoms with E-state index in [1.54, 1.807) is 0 Å². The molecule has 4 nitrogen and oxygen atoms in total. The molecule has 1 aliphatic heterocycles. The summed E-state index contributed by atoms with van der Waals surface area (Å²) in [6.45, 7) is 7.78. The highest BCUT2D eigenvalue weighted by Gasteiger charge is 2.22. The number of hydrogen-bond donors (Lipinski definition) is 2. The Kier molecular flexibility index (Phi) is 6.41. The first kappa shape index (κ1) is 14.9. The summed E-state index contributed by atoms with van der Waals surface area (Å²) < 4.78 is 0. The maximum absolute atomic E-state index is 9.37. The Morgan fingerprint density at radius 1 is 1.35 bits per heavy atom. The fourth-order valence-corrected chi connectivity index (χ4v) is 2.57. The van der Waals surface area contributed by atoms with Gasteiger partial charge in [0.2, 0.25) is 0 Å². The lowest BCUT2D eigenvalue weighted by molar-refractivity contribution is 0.117. The molecule has 1 unspecified atom stereocenters. The molecule has 0 spiro atoms. The van der Waals surface area contributed by atoms with Crippen LogP contribution >= 0.6 is 0 Å². The first-order valence-electron chi connectivity index (χ1n) is 6.78. The largest absolute Gasteiger partial charge is 0.395 e. The van der Waals surface area contributed by atoms with Crippen LogP contribution in [-0.2, 0) is 0 Å². The van der Waals surface area contributed by atoms with E-state index >= 15 is 0 Å². The molecule has 0 saturated carbocycles. The average molecular weight is 243 g/mol. The van der Waals surface area contributed by atoms with Crippen molar-refractivity contribution in [2.45, 2.75) is 44.8 Å². The van der Waals surface area contributed by atoms with Crippen molar-refractivity contribution < 1.29 is 5.11 Å². The summed E-state index contributed by atoms with van der Waals surface area (Å²) in [7, 11) is 4.37. The summed E-state index contributed by atoms with van der Waals surface area (Å²) in [6, 6.07) is 1.30. The molecular formula is C13H29N3O. The summed E-state index contributed by atoms with van der Waals surface area (Å²) in [4.78, 5) is 4.80. The van der Waals surface area contributed by atoms with Gasteiger partial charge in [-0.1, -0.05) is 13.8 Å². The second-order valence-corrected chi connectivity index (χ2v) is 5.67. The number of aliphatic hydroxyl groups excluding tert-OH is 1. The SMILES string of the molecule is CC(C)NC(CO)CN(C)C1CCN(C)CC1. The molecular weight excluding hydrogens is 214 g/mol. The zero-order chi connectivity index (χ0) is 12.8. The molecule has 0 radical (unpaired) electrons. The average Bonchev–Trinajstić information content (AvgIpc) is 2.28. The van der Waals surface area contributed by atoms with Gasteiger partial charge in [-0.05, 0) is 40.0 Å². The van der Waals surface area contributed by atoms with Crippen LogP contribution in [0.1, 0.15) is 26.7 Å². The van der Waals surface area contributed by atoms with Crippen LogP contribution < -0.4 is 5.32 Å². The van der Waals surface area contributed by atoms with Crippen LogP contribution in [0.2, 0.25) is 0 Å². The third-order valence-corrected chi connectivity index (χ3v) is 3.61. The lowest BCUT2D eigenvalue weighted by atomic mass is 10.0. The standard InChI is InChI=1S/C13H29N3O/c1-11(2)14-12(10-17)9-16(4)13-5-7-15(3)8-6-13/h11-14,17H,5-10H2,1-4H3. The number of nitrogens with zero attached hydrogens (tertiary/aromatic N) is 2. The third kappa shape index (κ3) is 5.34. The van der Waals surface area contributed by atoms with Crippen LogP contribution in [0.5, 0.6) is 0 Å². The van der Waals surface area contributed by atoms with E-state index in [2.05, 4.69) is 43.1 Å². The summed E-state index contributed by atoms with van der Waals surface area (Å²) in [5, 5.41) is 12.8. The molecule has 1 fully saturated rings. The Balaban J connectivity index is 2.33. The molecule has 0 bridgehead atoms. The zero-order valence-corrected chi connectivity index (χ0v) is 11.8. The molecule has 1 rings (SSSR count). The number of rotatable bonds is 6. The molecule has 0 aromatic carbocycles. The van der Waals surface area contributed by atoms with Crippen LogP contribution in [0.4, 0.5) is 0 Å². The molecule has 1 atom stereocenters. The Labute approximate surface area is 106 Å². The van der Waals surface area contributed by atoms with Crippen molar-refractivity contribution in [2.75, 3.05) is 40.3 Å². The van der Waals surface area contributed by atoms with Crippen molar-refractivity contribution in [1.29, 1.82) is 0 Å². The first-order valence-corrected chi connectivity index (χ1v) is 6.78. The maximum Gasteiger partial charge on any atom is 0.0597 e. The number of likely N-dealkylation sites (tertiary alicyclic amines) is 1. The van der Waals surface area contributed by atoms with Gasteiger partial charge >= 0.3 is 0 Å². The number of piperidine rings is 1. The lowest BCUT2D eigenvalue weighted by Crippen LogP contribution is -2.49. The van der Waals surface area contributed by atoms with Gasteiger partial charge in [-0.3, -0.25) is 0 Å². The highest BCUT2D eigenvalue weighted by atomic mass is 16.3. The van der Waals surface area contributed by atoms with Crippen LogP contribution in [0, 0.1) is 0 Å². The predicted octanol–water partition coefficient (Wildman–Crippen LogP) is 0.371. The summed E-state index contributed by atoms with van der Waals surface area (Å²) >= 11 is 0. The fraction of sp³-hybridized carbons (Fsp3) is 1.00. The van der Waals surface area contributed by atoms with Crippen LogP contribution in [0.3, 0.4) is 0 Å². The van der Waals surface area contributed by atoms with Gasteiger partial charge in [-0.15, -0.1) is 0 Å². The predicted molar refractivity (Wildman–Crippen MR) is 72.3 cm³/mol. The fourth-order valence-electron chi connectivity index (χ4n) is 2.57. The second kappa shape index (κ2) is 7.31. The monoisotopic (exact) mass is 243 g/mol. The Morgan fingerprint density at radius 2 is 1.94 bits per heavy atom. The van der Waals surface area contributed by atoms with Gasteiger partial charge in [0.1, 0.15) is 0 Å². The van der Waals surface area contributed by atoms with Crippen molar-refractivity contribution in [3.05, 3.63) is 0 Å². The maximum atomic E-state index is 9.37. The van der Waals surface area contributed by atoms with Crippen molar-refractivity contribution >= 4 is 0 Å². The normalized spacial score (nSPS) is 21.4. The van der Waals surface area contributed by atoms with Gasteiger partial charge in [0.15, 0.2) is 0 Å². The summed E-state index contributed by atoms with van der Waals surface area (Å²) in [5.41, 5.74) is 0. The van der Waals surface area contributed by atoms with E-state index in [1.165, 1.54) is 25.9 Å². The topological polar surface area (TPSA) is 38.7 Å². The number of nitrogens with one attached hydrogen (secondary N) is 1. The number of likely N-dealkylation sites (N-methyl/N-ethyl adjacent to an activating group) is 1.